The van der Waals surface area contributed by atoms with Gasteiger partial charge in [0.2, 0.25) is 0 Å². The Morgan fingerprint density at radius 1 is 1.21 bits per heavy atom. The van der Waals surface area contributed by atoms with Crippen molar-refractivity contribution >= 4 is 17.6 Å². The fourth-order valence-corrected chi connectivity index (χ4v) is 3.13. The molecule has 6 heteroatoms. The number of nitrogen functional groups attached to an aromatic ring is 1. The van der Waals surface area contributed by atoms with E-state index in [1.165, 1.54) is 12.1 Å². The number of hydrazine groups is 1. The highest BCUT2D eigenvalue weighted by Crippen LogP contribution is 2.32. The minimum Gasteiger partial charge on any atom is -0.308 e. The third-order valence-corrected chi connectivity index (χ3v) is 4.01. The van der Waals surface area contributed by atoms with E-state index in [4.69, 9.17) is 5.84 Å². The van der Waals surface area contributed by atoms with E-state index in [-0.39, 0.29) is 5.82 Å². The second-order valence-corrected chi connectivity index (χ2v) is 5.34. The molecule has 0 amide bonds. The number of fused-ring (bicyclic) bond motifs is 1. The number of nitrogens with two attached hydrogens (primary N) is 1. The van der Waals surface area contributed by atoms with E-state index < -0.39 is 0 Å². The number of thioether (sulfide) groups is 1. The molecular formula is C13H13FN4S. The van der Waals surface area contributed by atoms with Gasteiger partial charge in [-0.25, -0.2) is 20.2 Å². The van der Waals surface area contributed by atoms with Gasteiger partial charge in [-0.15, -0.1) is 0 Å². The normalized spacial score (nSPS) is 13.4. The van der Waals surface area contributed by atoms with Gasteiger partial charge in [0.25, 0.3) is 0 Å². The first-order chi connectivity index (χ1) is 9.26. The molecule has 0 saturated carbocycles. The Morgan fingerprint density at radius 3 is 2.74 bits per heavy atom. The molecule has 0 saturated heterocycles. The highest BCUT2D eigenvalue weighted by Gasteiger charge is 2.19. The Hall–Kier alpha value is -1.66. The van der Waals surface area contributed by atoms with Crippen LogP contribution in [0.15, 0.2) is 24.3 Å². The molecule has 19 heavy (non-hydrogen) atoms. The number of nitrogens with one attached hydrogen (secondary N) is 1. The van der Waals surface area contributed by atoms with Crippen LogP contribution in [0.2, 0.25) is 0 Å². The summed E-state index contributed by atoms with van der Waals surface area (Å²) in [5, 5.41) is 0. The van der Waals surface area contributed by atoms with E-state index in [1.807, 2.05) is 0 Å². The maximum atomic E-state index is 12.9. The number of hydrogen-bond donors (Lipinski definition) is 2. The lowest BCUT2D eigenvalue weighted by Crippen LogP contribution is -2.14. The van der Waals surface area contributed by atoms with Crippen LogP contribution in [0.3, 0.4) is 0 Å². The Morgan fingerprint density at radius 2 is 2.00 bits per heavy atom. The fraction of sp³-hybridized carbons (Fsp3) is 0.231. The first kappa shape index (κ1) is 12.4. The predicted molar refractivity (Wildman–Crippen MR) is 74.0 cm³/mol. The molecule has 4 nitrogen and oxygen atoms in total. The third-order valence-electron chi connectivity index (χ3n) is 3.04. The average Bonchev–Trinajstić information content (AvgIpc) is 2.89. The number of rotatable bonds is 3. The molecule has 0 spiro atoms. The first-order valence-corrected chi connectivity index (χ1v) is 7.09. The molecule has 2 aromatic rings. The summed E-state index contributed by atoms with van der Waals surface area (Å²) in [5.74, 6) is 8.47. The van der Waals surface area contributed by atoms with Crippen LogP contribution in [-0.4, -0.2) is 9.97 Å². The second-order valence-electron chi connectivity index (χ2n) is 4.35. The van der Waals surface area contributed by atoms with Crippen LogP contribution in [0.25, 0.3) is 0 Å². The summed E-state index contributed by atoms with van der Waals surface area (Å²) in [4.78, 5) is 8.98. The standard InChI is InChI=1S/C13H13FN4S/c14-9-3-1-8(2-4-9)5-12-16-11-7-19-6-10(11)13(17-12)18-15/h1-4H,5-7,15H2,(H,16,17,18). The lowest BCUT2D eigenvalue weighted by atomic mass is 10.1. The Balaban J connectivity index is 1.91. The Labute approximate surface area is 114 Å². The van der Waals surface area contributed by atoms with Gasteiger partial charge >= 0.3 is 0 Å². The number of benzene rings is 1. The van der Waals surface area contributed by atoms with Crippen molar-refractivity contribution in [1.29, 1.82) is 0 Å². The van der Waals surface area contributed by atoms with Crippen molar-refractivity contribution in [3.63, 3.8) is 0 Å². The zero-order chi connectivity index (χ0) is 13.2. The third kappa shape index (κ3) is 2.54. The summed E-state index contributed by atoms with van der Waals surface area (Å²) < 4.78 is 12.9. The topological polar surface area (TPSA) is 63.8 Å². The van der Waals surface area contributed by atoms with E-state index in [0.29, 0.717) is 18.1 Å². The molecule has 0 atom stereocenters. The van der Waals surface area contributed by atoms with Crippen molar-refractivity contribution < 1.29 is 4.39 Å². The largest absolute Gasteiger partial charge is 0.308 e. The second kappa shape index (κ2) is 5.14. The molecule has 1 aromatic carbocycles. The molecule has 98 valence electrons. The first-order valence-electron chi connectivity index (χ1n) is 5.94. The smallest absolute Gasteiger partial charge is 0.148 e. The molecule has 0 radical (unpaired) electrons. The van der Waals surface area contributed by atoms with E-state index in [2.05, 4.69) is 15.4 Å². The molecule has 2 heterocycles. The monoisotopic (exact) mass is 276 g/mol. The minimum atomic E-state index is -0.237. The summed E-state index contributed by atoms with van der Waals surface area (Å²) in [7, 11) is 0. The molecule has 3 rings (SSSR count). The van der Waals surface area contributed by atoms with Crippen molar-refractivity contribution in [2.45, 2.75) is 17.9 Å². The Bertz CT molecular complexity index is 600. The summed E-state index contributed by atoms with van der Waals surface area (Å²) in [6.45, 7) is 0. The molecule has 1 aromatic heterocycles. The van der Waals surface area contributed by atoms with Crippen LogP contribution < -0.4 is 11.3 Å². The maximum absolute atomic E-state index is 12.9. The van der Waals surface area contributed by atoms with Gasteiger partial charge in [-0.2, -0.15) is 11.8 Å². The van der Waals surface area contributed by atoms with Crippen molar-refractivity contribution in [2.75, 3.05) is 5.43 Å². The number of anilines is 1. The molecule has 1 aliphatic rings. The van der Waals surface area contributed by atoms with Gasteiger partial charge in [0.1, 0.15) is 17.5 Å². The Kier molecular flexibility index (Phi) is 3.35. The molecule has 1 aliphatic heterocycles. The molecule has 0 bridgehead atoms. The zero-order valence-corrected chi connectivity index (χ0v) is 11.0. The quantitative estimate of drug-likeness (QED) is 0.665. The number of aromatic nitrogens is 2. The summed E-state index contributed by atoms with van der Waals surface area (Å²) in [6.07, 6.45) is 0.576. The van der Waals surface area contributed by atoms with Crippen LogP contribution in [-0.2, 0) is 17.9 Å². The SMILES string of the molecule is NNc1nc(Cc2ccc(F)cc2)nc2c1CSC2. The molecular weight excluding hydrogens is 263 g/mol. The minimum absolute atomic E-state index is 0.237. The highest BCUT2D eigenvalue weighted by molar-refractivity contribution is 7.98. The van der Waals surface area contributed by atoms with E-state index >= 15 is 0 Å². The number of nitrogens with zero attached hydrogens (tertiary/aromatic N) is 2. The van der Waals surface area contributed by atoms with Crippen LogP contribution >= 0.6 is 11.8 Å². The van der Waals surface area contributed by atoms with Gasteiger partial charge in [0.15, 0.2) is 0 Å². The molecule has 0 aliphatic carbocycles. The average molecular weight is 276 g/mol. The van der Waals surface area contributed by atoms with Crippen molar-refractivity contribution in [3.8, 4) is 0 Å². The molecule has 0 unspecified atom stereocenters. The summed E-state index contributed by atoms with van der Waals surface area (Å²) in [6, 6.07) is 6.38. The van der Waals surface area contributed by atoms with Gasteiger partial charge in [-0.3, -0.25) is 0 Å². The zero-order valence-electron chi connectivity index (χ0n) is 10.2. The lowest BCUT2D eigenvalue weighted by molar-refractivity contribution is 0.627. The van der Waals surface area contributed by atoms with E-state index in [1.54, 1.807) is 23.9 Å². The van der Waals surface area contributed by atoms with Crippen molar-refractivity contribution in [1.82, 2.24) is 9.97 Å². The van der Waals surface area contributed by atoms with Crippen LogP contribution in [0.4, 0.5) is 10.2 Å². The van der Waals surface area contributed by atoms with Crippen molar-refractivity contribution in [2.24, 2.45) is 5.84 Å². The highest BCUT2D eigenvalue weighted by atomic mass is 32.2. The fourth-order valence-electron chi connectivity index (χ4n) is 2.09. The van der Waals surface area contributed by atoms with Gasteiger partial charge in [0, 0.05) is 23.5 Å². The van der Waals surface area contributed by atoms with Gasteiger partial charge in [-0.05, 0) is 17.7 Å². The lowest BCUT2D eigenvalue weighted by Gasteiger charge is -2.08. The van der Waals surface area contributed by atoms with Crippen molar-refractivity contribution in [3.05, 3.63) is 52.7 Å². The molecule has 3 N–H and O–H groups in total. The summed E-state index contributed by atoms with van der Waals surface area (Å²) >= 11 is 1.80. The van der Waals surface area contributed by atoms with Gasteiger partial charge in [-0.1, -0.05) is 12.1 Å². The number of hydrogen-bond acceptors (Lipinski definition) is 5. The van der Waals surface area contributed by atoms with Crippen LogP contribution in [0.1, 0.15) is 22.6 Å². The maximum Gasteiger partial charge on any atom is 0.148 e. The molecule has 0 fully saturated rings. The van der Waals surface area contributed by atoms with Crippen LogP contribution in [0.5, 0.6) is 0 Å². The van der Waals surface area contributed by atoms with Gasteiger partial charge in [0.05, 0.1) is 5.69 Å². The van der Waals surface area contributed by atoms with E-state index in [9.17, 15) is 4.39 Å². The van der Waals surface area contributed by atoms with Crippen LogP contribution in [0, 0.1) is 5.82 Å². The predicted octanol–water partition coefficient (Wildman–Crippen LogP) is 2.24. The summed E-state index contributed by atoms with van der Waals surface area (Å²) in [5.41, 5.74) is 5.76. The number of halogens is 1. The van der Waals surface area contributed by atoms with E-state index in [0.717, 1.165) is 28.3 Å². The van der Waals surface area contributed by atoms with Gasteiger partial charge < -0.3 is 5.43 Å².